The van der Waals surface area contributed by atoms with Gasteiger partial charge in [0.15, 0.2) is 0 Å². The van der Waals surface area contributed by atoms with Crippen molar-refractivity contribution in [3.05, 3.63) is 52.3 Å². The predicted octanol–water partition coefficient (Wildman–Crippen LogP) is 2.35. The summed E-state index contributed by atoms with van der Waals surface area (Å²) in [5.74, 6) is -1.83. The molecule has 0 bridgehead atoms. The number of amides is 1. The van der Waals surface area contributed by atoms with E-state index in [9.17, 15) is 9.59 Å². The van der Waals surface area contributed by atoms with E-state index in [1.165, 1.54) is 10.6 Å². The first-order valence-corrected chi connectivity index (χ1v) is 7.47. The Kier molecular flexibility index (Phi) is 5.65. The number of benzene rings is 1. The zero-order valence-corrected chi connectivity index (χ0v) is 13.4. The third-order valence-electron chi connectivity index (χ3n) is 3.18. The highest BCUT2D eigenvalue weighted by Gasteiger charge is 2.22. The van der Waals surface area contributed by atoms with Gasteiger partial charge in [-0.3, -0.25) is 4.79 Å². The summed E-state index contributed by atoms with van der Waals surface area (Å²) in [4.78, 5) is 23.4. The lowest BCUT2D eigenvalue weighted by atomic mass is 10.2. The van der Waals surface area contributed by atoms with Crippen LogP contribution in [-0.2, 0) is 4.79 Å². The number of hydrogen-bond donors (Lipinski definition) is 3. The molecule has 3 N–H and O–H groups in total. The lowest BCUT2D eigenvalue weighted by Crippen LogP contribution is -2.42. The van der Waals surface area contributed by atoms with Crippen LogP contribution in [0.3, 0.4) is 0 Å². The van der Waals surface area contributed by atoms with Gasteiger partial charge < -0.3 is 20.1 Å². The van der Waals surface area contributed by atoms with Crippen molar-refractivity contribution in [3.8, 4) is 5.69 Å². The molecule has 1 aromatic heterocycles. The molecule has 2 aromatic rings. The maximum absolute atomic E-state index is 12.3. The highest BCUT2D eigenvalue weighted by atomic mass is 35.5. The molecule has 6 nitrogen and oxygen atoms in total. The zero-order chi connectivity index (χ0) is 17.0. The highest BCUT2D eigenvalue weighted by molar-refractivity contribution is 6.37. The number of aromatic nitrogens is 1. The molecule has 0 aliphatic carbocycles. The summed E-state index contributed by atoms with van der Waals surface area (Å²) >= 11 is 12.3. The molecule has 1 amide bonds. The first-order valence-electron chi connectivity index (χ1n) is 6.72. The van der Waals surface area contributed by atoms with Gasteiger partial charge >= 0.3 is 5.97 Å². The number of nitrogens with zero attached hydrogens (tertiary/aromatic N) is 1. The largest absolute Gasteiger partial charge is 0.480 e. The van der Waals surface area contributed by atoms with Gasteiger partial charge in [0.1, 0.15) is 11.7 Å². The Hall–Kier alpha value is -2.02. The number of aliphatic hydroxyl groups excluding tert-OH is 1. The number of hydrogen-bond acceptors (Lipinski definition) is 3. The molecular formula is C15H14Cl2N2O4. The van der Waals surface area contributed by atoms with Crippen LogP contribution in [0.5, 0.6) is 0 Å². The lowest BCUT2D eigenvalue weighted by Gasteiger charge is -2.16. The quantitative estimate of drug-likeness (QED) is 0.740. The number of aliphatic carboxylic acids is 1. The molecule has 8 heteroatoms. The van der Waals surface area contributed by atoms with Crippen molar-refractivity contribution in [1.82, 2.24) is 9.88 Å². The third-order valence-corrected chi connectivity index (χ3v) is 3.79. The molecule has 0 unspecified atom stereocenters. The highest BCUT2D eigenvalue weighted by Crippen LogP contribution is 2.29. The molecule has 0 radical (unpaired) electrons. The minimum absolute atomic E-state index is 0.0887. The van der Waals surface area contributed by atoms with Gasteiger partial charge in [-0.25, -0.2) is 4.79 Å². The monoisotopic (exact) mass is 356 g/mol. The van der Waals surface area contributed by atoms with E-state index in [-0.39, 0.29) is 18.7 Å². The molecule has 122 valence electrons. The third kappa shape index (κ3) is 3.85. The Morgan fingerprint density at radius 3 is 2.39 bits per heavy atom. The first-order chi connectivity index (χ1) is 11.0. The molecule has 0 fully saturated rings. The number of aliphatic hydroxyl groups is 1. The zero-order valence-electron chi connectivity index (χ0n) is 11.9. The number of carbonyl (C=O) groups is 2. The SMILES string of the molecule is O=C(N[C@@H](CCO)C(=O)O)c1cccn1-c1c(Cl)cccc1Cl. The van der Waals surface area contributed by atoms with Crippen molar-refractivity contribution in [2.24, 2.45) is 0 Å². The van der Waals surface area contributed by atoms with Gasteiger partial charge in [-0.05, 0) is 24.3 Å². The fourth-order valence-electron chi connectivity index (χ4n) is 2.10. The van der Waals surface area contributed by atoms with Gasteiger partial charge in [0.05, 0.1) is 15.7 Å². The van der Waals surface area contributed by atoms with Crippen LogP contribution < -0.4 is 5.32 Å². The molecule has 1 atom stereocenters. The smallest absolute Gasteiger partial charge is 0.326 e. The Balaban J connectivity index is 2.34. The van der Waals surface area contributed by atoms with Gasteiger partial charge in [-0.15, -0.1) is 0 Å². The summed E-state index contributed by atoms with van der Waals surface area (Å²) in [6.07, 6.45) is 1.51. The fourth-order valence-corrected chi connectivity index (χ4v) is 2.68. The second kappa shape index (κ2) is 7.50. The van der Waals surface area contributed by atoms with E-state index in [1.54, 1.807) is 30.5 Å². The van der Waals surface area contributed by atoms with Crippen LogP contribution in [0, 0.1) is 0 Å². The topological polar surface area (TPSA) is 91.6 Å². The van der Waals surface area contributed by atoms with Crippen molar-refractivity contribution in [2.75, 3.05) is 6.61 Å². The van der Waals surface area contributed by atoms with Crippen LogP contribution in [0.4, 0.5) is 0 Å². The Morgan fingerprint density at radius 1 is 1.17 bits per heavy atom. The molecule has 1 heterocycles. The molecular weight excluding hydrogens is 343 g/mol. The van der Waals surface area contributed by atoms with Gasteiger partial charge in [0.25, 0.3) is 5.91 Å². The predicted molar refractivity (Wildman–Crippen MR) is 86.4 cm³/mol. The molecule has 0 aliphatic heterocycles. The van der Waals surface area contributed by atoms with E-state index >= 15 is 0 Å². The standard InChI is InChI=1S/C15H14Cl2N2O4/c16-9-3-1-4-10(17)13(9)19-7-2-5-12(19)14(21)18-11(6-8-20)15(22)23/h1-5,7,11,20H,6,8H2,(H,18,21)(H,22,23)/t11-/m0/s1. The minimum atomic E-state index is -1.22. The second-order valence-electron chi connectivity index (χ2n) is 4.71. The van der Waals surface area contributed by atoms with E-state index in [2.05, 4.69) is 5.32 Å². The van der Waals surface area contributed by atoms with Gasteiger partial charge in [-0.2, -0.15) is 0 Å². The average Bonchev–Trinajstić information content (AvgIpc) is 2.95. The van der Waals surface area contributed by atoms with Gasteiger partial charge in [0.2, 0.25) is 0 Å². The molecule has 0 aliphatic rings. The summed E-state index contributed by atoms with van der Waals surface area (Å²) in [5, 5.41) is 21.0. The second-order valence-corrected chi connectivity index (χ2v) is 5.52. The van der Waals surface area contributed by atoms with Crippen molar-refractivity contribution in [2.45, 2.75) is 12.5 Å². The Morgan fingerprint density at radius 2 is 1.83 bits per heavy atom. The first kappa shape index (κ1) is 17.3. The van der Waals surface area contributed by atoms with Crippen LogP contribution in [0.15, 0.2) is 36.5 Å². The molecule has 1 aromatic carbocycles. The van der Waals surface area contributed by atoms with Crippen LogP contribution in [0.1, 0.15) is 16.9 Å². The number of rotatable bonds is 6. The summed E-state index contributed by atoms with van der Waals surface area (Å²) in [6, 6.07) is 6.91. The van der Waals surface area contributed by atoms with Crippen molar-refractivity contribution >= 4 is 35.1 Å². The normalized spacial score (nSPS) is 12.0. The van der Waals surface area contributed by atoms with Crippen molar-refractivity contribution in [3.63, 3.8) is 0 Å². The van der Waals surface area contributed by atoms with Crippen molar-refractivity contribution in [1.29, 1.82) is 0 Å². The van der Waals surface area contributed by atoms with E-state index in [4.69, 9.17) is 33.4 Å². The van der Waals surface area contributed by atoms with Crippen LogP contribution in [0.2, 0.25) is 10.0 Å². The van der Waals surface area contributed by atoms with Crippen LogP contribution >= 0.6 is 23.2 Å². The summed E-state index contributed by atoms with van der Waals surface area (Å²) < 4.78 is 1.48. The molecule has 0 saturated carbocycles. The van der Waals surface area contributed by atoms with E-state index in [0.29, 0.717) is 15.7 Å². The van der Waals surface area contributed by atoms with Gasteiger partial charge in [0, 0.05) is 19.2 Å². The van der Waals surface area contributed by atoms with E-state index in [0.717, 1.165) is 0 Å². The number of carboxylic acids is 1. The van der Waals surface area contributed by atoms with Crippen LogP contribution in [-0.4, -0.2) is 39.3 Å². The molecule has 0 spiro atoms. The van der Waals surface area contributed by atoms with E-state index < -0.39 is 17.9 Å². The summed E-state index contributed by atoms with van der Waals surface area (Å²) in [5.41, 5.74) is 0.615. The number of carbonyl (C=O) groups excluding carboxylic acids is 1. The summed E-state index contributed by atoms with van der Waals surface area (Å²) in [7, 11) is 0. The van der Waals surface area contributed by atoms with E-state index in [1.807, 2.05) is 0 Å². The van der Waals surface area contributed by atoms with Crippen LogP contribution in [0.25, 0.3) is 5.69 Å². The number of nitrogens with one attached hydrogen (secondary N) is 1. The number of carboxylic acid groups (broad SMARTS) is 1. The number of para-hydroxylation sites is 1. The fraction of sp³-hybridized carbons (Fsp3) is 0.200. The van der Waals surface area contributed by atoms with Gasteiger partial charge in [-0.1, -0.05) is 29.3 Å². The Bertz CT molecular complexity index is 710. The molecule has 2 rings (SSSR count). The van der Waals surface area contributed by atoms with Crippen molar-refractivity contribution < 1.29 is 19.8 Å². The minimum Gasteiger partial charge on any atom is -0.480 e. The lowest BCUT2D eigenvalue weighted by molar-refractivity contribution is -0.139. The molecule has 0 saturated heterocycles. The molecule has 23 heavy (non-hydrogen) atoms. The summed E-state index contributed by atoms with van der Waals surface area (Å²) in [6.45, 7) is -0.353. The maximum Gasteiger partial charge on any atom is 0.326 e. The number of halogens is 2. The maximum atomic E-state index is 12.3. The Labute approximate surface area is 142 Å². The average molecular weight is 357 g/mol.